The van der Waals surface area contributed by atoms with E-state index in [2.05, 4.69) is 0 Å². The molecule has 1 aliphatic carbocycles. The monoisotopic (exact) mass is 219 g/mol. The van der Waals surface area contributed by atoms with E-state index in [1.165, 1.54) is 0 Å². The summed E-state index contributed by atoms with van der Waals surface area (Å²) in [5.74, 6) is -5.15. The Bertz CT molecular complexity index is 253. The lowest BCUT2D eigenvalue weighted by molar-refractivity contribution is -0.300. The summed E-state index contributed by atoms with van der Waals surface area (Å²) in [6.07, 6.45) is 0.705. The molecule has 86 valence electrons. The molecule has 0 aromatic rings. The third-order valence-electron chi connectivity index (χ3n) is 2.84. The number of carbonyl (C=O) groups excluding carboxylic acids is 2. The van der Waals surface area contributed by atoms with Crippen molar-refractivity contribution < 1.29 is 23.5 Å². The average Bonchev–Trinajstić information content (AvgIpc) is 2.15. The molecule has 0 spiro atoms. The standard InChI is InChI=1S/C10H14F2O3/c11-10(12)5-3-7(4-6-10)1-2-8(13)9(14)15/h7H,1-6H2,(H,14,15)/p-1. The highest BCUT2D eigenvalue weighted by atomic mass is 19.3. The molecule has 1 rings (SSSR count). The summed E-state index contributed by atoms with van der Waals surface area (Å²) in [5, 5.41) is 10.1. The van der Waals surface area contributed by atoms with Gasteiger partial charge in [0.15, 0.2) is 5.78 Å². The second-order valence-corrected chi connectivity index (χ2v) is 4.05. The predicted octanol–water partition coefficient (Wildman–Crippen LogP) is 0.911. The molecule has 3 nitrogen and oxygen atoms in total. The van der Waals surface area contributed by atoms with Crippen LogP contribution in [0.1, 0.15) is 38.5 Å². The molecule has 15 heavy (non-hydrogen) atoms. The number of alkyl halides is 2. The number of aliphatic carboxylic acids is 1. The van der Waals surface area contributed by atoms with Crippen LogP contribution in [0.4, 0.5) is 8.78 Å². The molecule has 0 radical (unpaired) electrons. The SMILES string of the molecule is O=C([O-])C(=O)CCC1CCC(F)(F)CC1. The van der Waals surface area contributed by atoms with Gasteiger partial charge in [0, 0.05) is 19.3 Å². The van der Waals surface area contributed by atoms with Gasteiger partial charge in [0.1, 0.15) is 5.97 Å². The molecule has 1 saturated carbocycles. The van der Waals surface area contributed by atoms with Crippen LogP contribution in [-0.2, 0) is 9.59 Å². The van der Waals surface area contributed by atoms with Gasteiger partial charge < -0.3 is 9.90 Å². The van der Waals surface area contributed by atoms with Crippen LogP contribution in [0, 0.1) is 5.92 Å². The van der Waals surface area contributed by atoms with Crippen LogP contribution in [0.3, 0.4) is 0 Å². The van der Waals surface area contributed by atoms with Gasteiger partial charge in [-0.2, -0.15) is 0 Å². The number of rotatable bonds is 4. The summed E-state index contributed by atoms with van der Waals surface area (Å²) in [7, 11) is 0. The highest BCUT2D eigenvalue weighted by Crippen LogP contribution is 2.37. The Morgan fingerprint density at radius 2 is 1.80 bits per heavy atom. The van der Waals surface area contributed by atoms with Crippen LogP contribution >= 0.6 is 0 Å². The van der Waals surface area contributed by atoms with Crippen LogP contribution < -0.4 is 5.11 Å². The van der Waals surface area contributed by atoms with Crippen molar-refractivity contribution in [3.05, 3.63) is 0 Å². The minimum atomic E-state index is -2.57. The van der Waals surface area contributed by atoms with Crippen molar-refractivity contribution >= 4 is 11.8 Å². The molecule has 0 unspecified atom stereocenters. The van der Waals surface area contributed by atoms with E-state index in [1.807, 2.05) is 0 Å². The summed E-state index contributed by atoms with van der Waals surface area (Å²) in [5.41, 5.74) is 0. The summed E-state index contributed by atoms with van der Waals surface area (Å²) in [6, 6.07) is 0. The Hall–Kier alpha value is -1.00. The van der Waals surface area contributed by atoms with Crippen molar-refractivity contribution in [2.75, 3.05) is 0 Å². The second-order valence-electron chi connectivity index (χ2n) is 4.05. The molecule has 1 fully saturated rings. The molecular weight excluding hydrogens is 206 g/mol. The lowest BCUT2D eigenvalue weighted by Crippen LogP contribution is -2.32. The van der Waals surface area contributed by atoms with E-state index in [1.54, 1.807) is 0 Å². The van der Waals surface area contributed by atoms with Crippen molar-refractivity contribution in [3.63, 3.8) is 0 Å². The van der Waals surface area contributed by atoms with E-state index in [9.17, 15) is 23.5 Å². The minimum absolute atomic E-state index is 0.0490. The number of carboxylic acids is 1. The van der Waals surface area contributed by atoms with Gasteiger partial charge in [0.2, 0.25) is 5.92 Å². The van der Waals surface area contributed by atoms with Crippen LogP contribution in [0.25, 0.3) is 0 Å². The van der Waals surface area contributed by atoms with Crippen molar-refractivity contribution in [3.8, 4) is 0 Å². The van der Waals surface area contributed by atoms with Crippen molar-refractivity contribution in [1.29, 1.82) is 0 Å². The van der Waals surface area contributed by atoms with Crippen LogP contribution in [0.5, 0.6) is 0 Å². The topological polar surface area (TPSA) is 57.2 Å². The van der Waals surface area contributed by atoms with Gasteiger partial charge >= 0.3 is 0 Å². The molecule has 0 aromatic carbocycles. The fraction of sp³-hybridized carbons (Fsp3) is 0.800. The van der Waals surface area contributed by atoms with Crippen molar-refractivity contribution in [1.82, 2.24) is 0 Å². The Labute approximate surface area is 86.5 Å². The van der Waals surface area contributed by atoms with Crippen molar-refractivity contribution in [2.24, 2.45) is 5.92 Å². The number of hydrogen-bond donors (Lipinski definition) is 0. The zero-order valence-corrected chi connectivity index (χ0v) is 8.30. The predicted molar refractivity (Wildman–Crippen MR) is 46.2 cm³/mol. The number of halogens is 2. The molecule has 5 heteroatoms. The third kappa shape index (κ3) is 3.93. The molecule has 0 bridgehead atoms. The van der Waals surface area contributed by atoms with E-state index >= 15 is 0 Å². The average molecular weight is 219 g/mol. The Balaban J connectivity index is 2.25. The lowest BCUT2D eigenvalue weighted by atomic mass is 9.83. The maximum atomic E-state index is 12.7. The van der Waals surface area contributed by atoms with Crippen LogP contribution in [0.2, 0.25) is 0 Å². The molecule has 0 aliphatic heterocycles. The van der Waals surface area contributed by atoms with E-state index in [4.69, 9.17) is 0 Å². The number of Topliss-reactive ketones (excluding diaryl/α,β-unsaturated/α-hetero) is 1. The van der Waals surface area contributed by atoms with Gasteiger partial charge in [0.25, 0.3) is 0 Å². The first-order valence-corrected chi connectivity index (χ1v) is 5.03. The molecule has 0 saturated heterocycles. The number of hydrogen-bond acceptors (Lipinski definition) is 3. The summed E-state index contributed by atoms with van der Waals surface area (Å²) in [6.45, 7) is 0. The quantitative estimate of drug-likeness (QED) is 0.660. The number of ketones is 1. The first-order chi connectivity index (χ1) is 6.91. The number of carboxylic acid groups (broad SMARTS) is 1. The van der Waals surface area contributed by atoms with Crippen LogP contribution in [0.15, 0.2) is 0 Å². The molecule has 0 heterocycles. The van der Waals surface area contributed by atoms with Gasteiger partial charge in [-0.3, -0.25) is 4.79 Å². The molecule has 1 aliphatic rings. The third-order valence-corrected chi connectivity index (χ3v) is 2.84. The highest BCUT2D eigenvalue weighted by Gasteiger charge is 2.34. The maximum Gasteiger partial charge on any atom is 0.248 e. The van der Waals surface area contributed by atoms with E-state index < -0.39 is 17.7 Å². The van der Waals surface area contributed by atoms with E-state index in [-0.39, 0.29) is 25.2 Å². The lowest BCUT2D eigenvalue weighted by Gasteiger charge is -2.27. The summed E-state index contributed by atoms with van der Waals surface area (Å²) >= 11 is 0. The summed E-state index contributed by atoms with van der Waals surface area (Å²) in [4.78, 5) is 20.8. The number of carbonyl (C=O) groups is 2. The Morgan fingerprint density at radius 1 is 1.27 bits per heavy atom. The molecular formula is C10H13F2O3-. The fourth-order valence-corrected chi connectivity index (χ4v) is 1.83. The van der Waals surface area contributed by atoms with Gasteiger partial charge in [-0.15, -0.1) is 0 Å². The summed E-state index contributed by atoms with van der Waals surface area (Å²) < 4.78 is 25.5. The largest absolute Gasteiger partial charge is 0.542 e. The molecule has 0 atom stereocenters. The zero-order chi connectivity index (χ0) is 11.5. The van der Waals surface area contributed by atoms with Crippen LogP contribution in [-0.4, -0.2) is 17.7 Å². The smallest absolute Gasteiger partial charge is 0.248 e. The molecule has 0 N–H and O–H groups in total. The Kier molecular flexibility index (Phi) is 3.77. The van der Waals surface area contributed by atoms with Gasteiger partial charge in [-0.25, -0.2) is 8.78 Å². The zero-order valence-electron chi connectivity index (χ0n) is 8.30. The Morgan fingerprint density at radius 3 is 2.27 bits per heavy atom. The highest BCUT2D eigenvalue weighted by molar-refractivity contribution is 6.31. The normalized spacial score (nSPS) is 21.2. The van der Waals surface area contributed by atoms with Gasteiger partial charge in [-0.05, 0) is 25.2 Å². The van der Waals surface area contributed by atoms with E-state index in [0.717, 1.165) is 0 Å². The first kappa shape index (κ1) is 12.1. The fourth-order valence-electron chi connectivity index (χ4n) is 1.83. The minimum Gasteiger partial charge on any atom is -0.542 e. The van der Waals surface area contributed by atoms with E-state index in [0.29, 0.717) is 19.3 Å². The molecule has 0 amide bonds. The van der Waals surface area contributed by atoms with Gasteiger partial charge in [-0.1, -0.05) is 0 Å². The molecule has 0 aromatic heterocycles. The second kappa shape index (κ2) is 4.68. The first-order valence-electron chi connectivity index (χ1n) is 5.03. The van der Waals surface area contributed by atoms with Crippen molar-refractivity contribution in [2.45, 2.75) is 44.4 Å². The maximum absolute atomic E-state index is 12.7. The van der Waals surface area contributed by atoms with Gasteiger partial charge in [0.05, 0.1) is 0 Å².